The van der Waals surface area contributed by atoms with Gasteiger partial charge in [0.1, 0.15) is 0 Å². The van der Waals surface area contributed by atoms with Gasteiger partial charge in [-0.3, -0.25) is 13.6 Å². The predicted molar refractivity (Wildman–Crippen MR) is 112 cm³/mol. The van der Waals surface area contributed by atoms with E-state index < -0.39 is 7.82 Å². The predicted octanol–water partition coefficient (Wildman–Crippen LogP) is 6.88. The van der Waals surface area contributed by atoms with E-state index in [0.717, 1.165) is 86.9 Å². The summed E-state index contributed by atoms with van der Waals surface area (Å²) in [6, 6.07) is 0. The van der Waals surface area contributed by atoms with Gasteiger partial charge in [-0.1, -0.05) is 13.3 Å². The summed E-state index contributed by atoms with van der Waals surface area (Å²) in [5.41, 5.74) is -0.475. The highest BCUT2D eigenvalue weighted by molar-refractivity contribution is 7.48. The Bertz CT molecular complexity index is 568. The molecule has 0 aromatic rings. The van der Waals surface area contributed by atoms with Crippen LogP contribution in [0.2, 0.25) is 0 Å². The Morgan fingerprint density at radius 2 is 1.03 bits per heavy atom. The number of phosphoric acid groups is 1. The molecule has 0 spiro atoms. The van der Waals surface area contributed by atoms with Crippen molar-refractivity contribution < 1.29 is 18.1 Å². The minimum absolute atomic E-state index is 0.237. The Hall–Kier alpha value is 0.110. The fourth-order valence-corrected chi connectivity index (χ4v) is 11.0. The number of unbranched alkanes of at least 4 members (excludes halogenated alkanes) is 1. The molecule has 29 heavy (non-hydrogen) atoms. The largest absolute Gasteiger partial charge is 0.475 e. The molecule has 8 saturated carbocycles. The van der Waals surface area contributed by atoms with Crippen LogP contribution in [0.5, 0.6) is 0 Å². The van der Waals surface area contributed by atoms with Crippen LogP contribution in [0, 0.1) is 35.5 Å². The lowest BCUT2D eigenvalue weighted by Gasteiger charge is -2.58. The van der Waals surface area contributed by atoms with Crippen LogP contribution in [0.3, 0.4) is 0 Å². The molecule has 5 heteroatoms. The van der Waals surface area contributed by atoms with E-state index >= 15 is 0 Å². The number of rotatable bonds is 8. The van der Waals surface area contributed by atoms with Gasteiger partial charge in [0.15, 0.2) is 0 Å². The van der Waals surface area contributed by atoms with Crippen LogP contribution in [-0.4, -0.2) is 17.8 Å². The quantitative estimate of drug-likeness (QED) is 0.316. The molecule has 0 unspecified atom stereocenters. The molecule has 0 saturated heterocycles. The second kappa shape index (κ2) is 7.06. The minimum Gasteiger partial charge on any atom is -0.287 e. The van der Waals surface area contributed by atoms with E-state index in [2.05, 4.69) is 6.92 Å². The van der Waals surface area contributed by atoms with Gasteiger partial charge in [0.05, 0.1) is 17.8 Å². The zero-order valence-corrected chi connectivity index (χ0v) is 19.0. The Morgan fingerprint density at radius 1 is 0.690 bits per heavy atom. The molecule has 8 fully saturated rings. The summed E-state index contributed by atoms with van der Waals surface area (Å²) in [4.78, 5) is 0. The molecule has 0 aromatic carbocycles. The van der Waals surface area contributed by atoms with Crippen molar-refractivity contribution in [3.05, 3.63) is 0 Å². The van der Waals surface area contributed by atoms with Crippen LogP contribution in [0.25, 0.3) is 0 Å². The van der Waals surface area contributed by atoms with Gasteiger partial charge in [-0.05, 0) is 119 Å². The maximum absolute atomic E-state index is 14.2. The fraction of sp³-hybridized carbons (Fsp3) is 1.00. The SMILES string of the molecule is CCCCOP(=O)(OC12CC3CC(CC(C3)C1)C2)OC12CC3CC(CC(C3)C1)C2. The molecular weight excluding hydrogens is 383 g/mol. The normalized spacial score (nSPS) is 51.5. The van der Waals surface area contributed by atoms with Crippen LogP contribution in [0.4, 0.5) is 0 Å². The molecular formula is C24H39O4P. The summed E-state index contributed by atoms with van der Waals surface area (Å²) >= 11 is 0. The average Bonchev–Trinajstić information content (AvgIpc) is 2.58. The maximum atomic E-state index is 14.2. The minimum atomic E-state index is -3.55. The van der Waals surface area contributed by atoms with Gasteiger partial charge >= 0.3 is 7.82 Å². The lowest BCUT2D eigenvalue weighted by atomic mass is 9.54. The molecule has 8 aliphatic carbocycles. The first-order valence-corrected chi connectivity index (χ1v) is 14.1. The van der Waals surface area contributed by atoms with E-state index in [-0.39, 0.29) is 11.2 Å². The van der Waals surface area contributed by atoms with Gasteiger partial charge in [0.25, 0.3) is 0 Å². The molecule has 8 rings (SSSR count). The van der Waals surface area contributed by atoms with Crippen molar-refractivity contribution in [1.29, 1.82) is 0 Å². The topological polar surface area (TPSA) is 44.8 Å². The maximum Gasteiger partial charge on any atom is 0.475 e. The van der Waals surface area contributed by atoms with Crippen molar-refractivity contribution in [2.45, 2.75) is 108 Å². The second-order valence-electron chi connectivity index (χ2n) is 12.0. The summed E-state index contributed by atoms with van der Waals surface area (Å²) in [5, 5.41) is 0. The van der Waals surface area contributed by atoms with E-state index in [1.807, 2.05) is 0 Å². The van der Waals surface area contributed by atoms with Crippen LogP contribution in [0.15, 0.2) is 0 Å². The highest BCUT2D eigenvalue weighted by atomic mass is 31.2. The second-order valence-corrected chi connectivity index (χ2v) is 13.5. The lowest BCUT2D eigenvalue weighted by Crippen LogP contribution is -2.53. The number of hydrogen-bond acceptors (Lipinski definition) is 4. The first-order valence-electron chi connectivity index (χ1n) is 12.6. The molecule has 0 amide bonds. The Kier molecular flexibility index (Phi) is 4.81. The summed E-state index contributed by atoms with van der Waals surface area (Å²) in [5.74, 6) is 4.61. The molecule has 0 radical (unpaired) electrons. The van der Waals surface area contributed by atoms with Gasteiger partial charge in [-0.15, -0.1) is 0 Å². The molecule has 0 N–H and O–H groups in total. The van der Waals surface area contributed by atoms with Gasteiger partial charge < -0.3 is 0 Å². The Balaban J connectivity index is 1.24. The summed E-state index contributed by atoms with van der Waals surface area (Å²) in [6.07, 6.45) is 16.6. The Morgan fingerprint density at radius 3 is 1.34 bits per heavy atom. The number of phosphoric ester groups is 1. The number of hydrogen-bond donors (Lipinski definition) is 0. The molecule has 0 heterocycles. The van der Waals surface area contributed by atoms with Crippen LogP contribution >= 0.6 is 7.82 Å². The monoisotopic (exact) mass is 422 g/mol. The van der Waals surface area contributed by atoms with Crippen molar-refractivity contribution >= 4 is 7.82 Å². The molecule has 0 aliphatic heterocycles. The van der Waals surface area contributed by atoms with Crippen molar-refractivity contribution in [1.82, 2.24) is 0 Å². The third kappa shape index (κ3) is 3.69. The first kappa shape index (κ1) is 19.8. The molecule has 164 valence electrons. The van der Waals surface area contributed by atoms with Crippen molar-refractivity contribution in [2.75, 3.05) is 6.61 Å². The van der Waals surface area contributed by atoms with Crippen molar-refractivity contribution in [3.63, 3.8) is 0 Å². The van der Waals surface area contributed by atoms with Crippen LogP contribution in [0.1, 0.15) is 96.8 Å². The summed E-state index contributed by atoms with van der Waals surface area (Å²) in [7, 11) is -3.55. The highest BCUT2D eigenvalue weighted by Gasteiger charge is 2.58. The molecule has 0 atom stereocenters. The van der Waals surface area contributed by atoms with E-state index in [0.29, 0.717) is 6.61 Å². The zero-order valence-electron chi connectivity index (χ0n) is 18.2. The van der Waals surface area contributed by atoms with Gasteiger partial charge in [-0.25, -0.2) is 4.57 Å². The highest BCUT2D eigenvalue weighted by Crippen LogP contribution is 2.68. The molecule has 4 nitrogen and oxygen atoms in total. The molecule has 0 aromatic heterocycles. The van der Waals surface area contributed by atoms with Crippen LogP contribution < -0.4 is 0 Å². The fourth-order valence-electron chi connectivity index (χ4n) is 9.15. The van der Waals surface area contributed by atoms with E-state index in [1.165, 1.54) is 38.5 Å². The molecule has 8 aliphatic rings. The molecule has 8 bridgehead atoms. The first-order chi connectivity index (χ1) is 13.9. The van der Waals surface area contributed by atoms with Gasteiger partial charge in [-0.2, -0.15) is 0 Å². The third-order valence-corrected chi connectivity index (χ3v) is 11.0. The summed E-state index contributed by atoms with van der Waals surface area (Å²) in [6.45, 7) is 2.64. The average molecular weight is 423 g/mol. The van der Waals surface area contributed by atoms with Gasteiger partial charge in [0, 0.05) is 0 Å². The smallest absolute Gasteiger partial charge is 0.287 e. The van der Waals surface area contributed by atoms with Gasteiger partial charge in [0.2, 0.25) is 0 Å². The summed E-state index contributed by atoms with van der Waals surface area (Å²) < 4.78 is 33.5. The Labute approximate surface area is 176 Å². The zero-order chi connectivity index (χ0) is 19.7. The van der Waals surface area contributed by atoms with Crippen LogP contribution in [-0.2, 0) is 18.1 Å². The van der Waals surface area contributed by atoms with E-state index in [4.69, 9.17) is 13.6 Å². The third-order valence-electron chi connectivity index (χ3n) is 9.32. The van der Waals surface area contributed by atoms with Crippen molar-refractivity contribution in [3.8, 4) is 0 Å². The van der Waals surface area contributed by atoms with E-state index in [9.17, 15) is 4.57 Å². The van der Waals surface area contributed by atoms with E-state index in [1.54, 1.807) is 0 Å². The standard InChI is InChI=1S/C24H39O4P/c1-2-3-4-26-29(25,27-23-11-17-5-18(12-23)7-19(6-17)13-23)28-24-14-20-8-21(15-24)10-22(9-20)16-24/h17-22H,2-16H2,1H3. The lowest BCUT2D eigenvalue weighted by molar-refractivity contribution is -0.153. The van der Waals surface area contributed by atoms with Crippen molar-refractivity contribution in [2.24, 2.45) is 35.5 Å².